The molecule has 6 nitrogen and oxygen atoms in total. The number of aliphatic hydroxyl groups excluding tert-OH is 1. The Morgan fingerprint density at radius 1 is 1.04 bits per heavy atom. The van der Waals surface area contributed by atoms with Gasteiger partial charge in [0.15, 0.2) is 0 Å². The zero-order valence-electron chi connectivity index (χ0n) is 14.6. The molecule has 138 valence electrons. The number of nitrogens with zero attached hydrogens (tertiary/aromatic N) is 1. The molecule has 7 heteroatoms. The molecular formula is C19H22N2O4S. The Hall–Kier alpha value is -2.38. The number of aliphatic hydroxyl groups is 1. The van der Waals surface area contributed by atoms with Crippen LogP contribution in [0.3, 0.4) is 0 Å². The molecule has 0 aliphatic carbocycles. The Bertz CT molecular complexity index is 869. The van der Waals surface area contributed by atoms with Crippen molar-refractivity contribution in [3.05, 3.63) is 59.7 Å². The summed E-state index contributed by atoms with van der Waals surface area (Å²) in [6.45, 7) is 3.16. The third-order valence-electron chi connectivity index (χ3n) is 4.45. The molecule has 1 aliphatic rings. The molecule has 1 aliphatic heterocycles. The summed E-state index contributed by atoms with van der Waals surface area (Å²) in [5.74, 6) is -0.0226. The van der Waals surface area contributed by atoms with Gasteiger partial charge in [0.2, 0.25) is 0 Å². The van der Waals surface area contributed by atoms with Crippen LogP contribution in [0.25, 0.3) is 0 Å². The molecule has 1 atom stereocenters. The quantitative estimate of drug-likeness (QED) is 0.842. The first-order valence-electron chi connectivity index (χ1n) is 8.57. The minimum absolute atomic E-state index is 0.0226. The molecule has 0 saturated carbocycles. The number of carbonyl (C=O) groups excluding carboxylic acids is 1. The highest BCUT2D eigenvalue weighted by molar-refractivity contribution is 7.92. The molecule has 1 fully saturated rings. The summed E-state index contributed by atoms with van der Waals surface area (Å²) in [6.07, 6.45) is 1.40. The summed E-state index contributed by atoms with van der Waals surface area (Å²) in [4.78, 5) is 14.2. The van der Waals surface area contributed by atoms with Crippen LogP contribution in [0.2, 0.25) is 0 Å². The average Bonchev–Trinajstić information content (AvgIpc) is 3.16. The molecular weight excluding hydrogens is 352 g/mol. The van der Waals surface area contributed by atoms with E-state index >= 15 is 0 Å². The predicted octanol–water partition coefficient (Wildman–Crippen LogP) is 2.78. The zero-order chi connectivity index (χ0) is 18.7. The molecule has 0 radical (unpaired) electrons. The first-order chi connectivity index (χ1) is 12.4. The van der Waals surface area contributed by atoms with Crippen LogP contribution in [0.5, 0.6) is 0 Å². The molecule has 2 aromatic rings. The highest BCUT2D eigenvalue weighted by Crippen LogP contribution is 2.20. The van der Waals surface area contributed by atoms with Crippen LogP contribution in [0.4, 0.5) is 5.69 Å². The summed E-state index contributed by atoms with van der Waals surface area (Å²) < 4.78 is 27.4. The molecule has 0 spiro atoms. The number of sulfonamides is 1. The van der Waals surface area contributed by atoms with Crippen molar-refractivity contribution in [2.75, 3.05) is 17.8 Å². The number of hydrogen-bond donors (Lipinski definition) is 2. The number of nitrogens with one attached hydrogen (secondary N) is 1. The molecule has 3 rings (SSSR count). The zero-order valence-corrected chi connectivity index (χ0v) is 15.4. The SMILES string of the molecule is CC(O)c1ccc(S(=O)(=O)Nc2ccc(C(=O)N3CCCC3)cc2)cc1. The number of amides is 1. The number of benzene rings is 2. The molecule has 1 unspecified atom stereocenters. The first-order valence-corrected chi connectivity index (χ1v) is 10.1. The Morgan fingerprint density at radius 2 is 1.62 bits per heavy atom. The highest BCUT2D eigenvalue weighted by Gasteiger charge is 2.20. The van der Waals surface area contributed by atoms with Crippen molar-refractivity contribution in [3.8, 4) is 0 Å². The van der Waals surface area contributed by atoms with E-state index in [4.69, 9.17) is 0 Å². The monoisotopic (exact) mass is 374 g/mol. The van der Waals surface area contributed by atoms with Crippen molar-refractivity contribution >= 4 is 21.6 Å². The average molecular weight is 374 g/mol. The van der Waals surface area contributed by atoms with Crippen LogP contribution in [0.15, 0.2) is 53.4 Å². The number of hydrogen-bond acceptors (Lipinski definition) is 4. The fourth-order valence-electron chi connectivity index (χ4n) is 2.92. The lowest BCUT2D eigenvalue weighted by Crippen LogP contribution is -2.27. The topological polar surface area (TPSA) is 86.7 Å². The lowest BCUT2D eigenvalue weighted by Gasteiger charge is -2.15. The second kappa shape index (κ2) is 7.47. The molecule has 0 aromatic heterocycles. The molecule has 0 bridgehead atoms. The van der Waals surface area contributed by atoms with E-state index in [0.29, 0.717) is 16.8 Å². The highest BCUT2D eigenvalue weighted by atomic mass is 32.2. The predicted molar refractivity (Wildman–Crippen MR) is 99.5 cm³/mol. The van der Waals surface area contributed by atoms with Gasteiger partial charge in [0, 0.05) is 24.3 Å². The number of rotatable bonds is 5. The summed E-state index contributed by atoms with van der Waals surface area (Å²) in [5, 5.41) is 9.51. The fraction of sp³-hybridized carbons (Fsp3) is 0.316. The maximum atomic E-state index is 12.5. The first kappa shape index (κ1) is 18.4. The molecule has 2 aromatic carbocycles. The lowest BCUT2D eigenvalue weighted by molar-refractivity contribution is 0.0793. The Morgan fingerprint density at radius 3 is 2.15 bits per heavy atom. The number of likely N-dealkylation sites (tertiary alicyclic amines) is 1. The largest absolute Gasteiger partial charge is 0.389 e. The van der Waals surface area contributed by atoms with E-state index in [0.717, 1.165) is 25.9 Å². The third-order valence-corrected chi connectivity index (χ3v) is 5.85. The van der Waals surface area contributed by atoms with Crippen LogP contribution in [-0.4, -0.2) is 37.4 Å². The summed E-state index contributed by atoms with van der Waals surface area (Å²) in [6, 6.07) is 12.5. The summed E-state index contributed by atoms with van der Waals surface area (Å²) >= 11 is 0. The van der Waals surface area contributed by atoms with Crippen LogP contribution in [0.1, 0.15) is 41.8 Å². The van der Waals surface area contributed by atoms with Gasteiger partial charge in [0.05, 0.1) is 11.0 Å². The van der Waals surface area contributed by atoms with Crippen LogP contribution in [-0.2, 0) is 10.0 Å². The van der Waals surface area contributed by atoms with Gasteiger partial charge >= 0.3 is 0 Å². The van der Waals surface area contributed by atoms with E-state index in [1.54, 1.807) is 43.3 Å². The maximum Gasteiger partial charge on any atom is 0.261 e. The van der Waals surface area contributed by atoms with Crippen LogP contribution < -0.4 is 4.72 Å². The summed E-state index contributed by atoms with van der Waals surface area (Å²) in [7, 11) is -3.73. The van der Waals surface area contributed by atoms with Crippen molar-refractivity contribution in [2.45, 2.75) is 30.8 Å². The Balaban J connectivity index is 1.72. The van der Waals surface area contributed by atoms with Gasteiger partial charge in [0.1, 0.15) is 0 Å². The van der Waals surface area contributed by atoms with Crippen molar-refractivity contribution in [2.24, 2.45) is 0 Å². The minimum Gasteiger partial charge on any atom is -0.389 e. The molecule has 26 heavy (non-hydrogen) atoms. The van der Waals surface area contributed by atoms with Gasteiger partial charge in [-0.1, -0.05) is 12.1 Å². The van der Waals surface area contributed by atoms with Gasteiger partial charge in [-0.05, 0) is 61.7 Å². The standard InChI is InChI=1S/C19H22N2O4S/c1-14(22)15-6-10-18(11-7-15)26(24,25)20-17-8-4-16(5-9-17)19(23)21-12-2-3-13-21/h4-11,14,20,22H,2-3,12-13H2,1H3. The van der Waals surface area contributed by atoms with Gasteiger partial charge in [-0.25, -0.2) is 8.42 Å². The second-order valence-corrected chi connectivity index (χ2v) is 8.11. The van der Waals surface area contributed by atoms with Gasteiger partial charge < -0.3 is 10.0 Å². The third kappa shape index (κ3) is 4.05. The lowest BCUT2D eigenvalue weighted by atomic mass is 10.1. The van der Waals surface area contributed by atoms with E-state index in [-0.39, 0.29) is 10.8 Å². The van der Waals surface area contributed by atoms with Gasteiger partial charge in [0.25, 0.3) is 15.9 Å². The molecule has 2 N–H and O–H groups in total. The second-order valence-electron chi connectivity index (χ2n) is 6.43. The normalized spacial score (nSPS) is 15.7. The Labute approximate surface area is 153 Å². The maximum absolute atomic E-state index is 12.5. The van der Waals surface area contributed by atoms with Gasteiger partial charge in [-0.15, -0.1) is 0 Å². The fourth-order valence-corrected chi connectivity index (χ4v) is 3.98. The smallest absolute Gasteiger partial charge is 0.261 e. The van der Waals surface area contributed by atoms with E-state index in [2.05, 4.69) is 4.72 Å². The molecule has 1 heterocycles. The summed E-state index contributed by atoms with van der Waals surface area (Å²) in [5.41, 5.74) is 1.59. The van der Waals surface area contributed by atoms with Gasteiger partial charge in [-0.3, -0.25) is 9.52 Å². The van der Waals surface area contributed by atoms with Crippen LogP contribution in [0, 0.1) is 0 Å². The van der Waals surface area contributed by atoms with Crippen molar-refractivity contribution in [3.63, 3.8) is 0 Å². The van der Waals surface area contributed by atoms with Crippen molar-refractivity contribution < 1.29 is 18.3 Å². The molecule has 1 amide bonds. The van der Waals surface area contributed by atoms with Crippen LogP contribution >= 0.6 is 0 Å². The number of carbonyl (C=O) groups is 1. The van der Waals surface area contributed by atoms with E-state index in [1.807, 2.05) is 4.90 Å². The van der Waals surface area contributed by atoms with E-state index < -0.39 is 16.1 Å². The van der Waals surface area contributed by atoms with Crippen molar-refractivity contribution in [1.29, 1.82) is 0 Å². The van der Waals surface area contributed by atoms with E-state index in [1.165, 1.54) is 12.1 Å². The minimum atomic E-state index is -3.73. The van der Waals surface area contributed by atoms with Crippen molar-refractivity contribution in [1.82, 2.24) is 4.90 Å². The molecule has 1 saturated heterocycles. The van der Waals surface area contributed by atoms with E-state index in [9.17, 15) is 18.3 Å². The Kier molecular flexibility index (Phi) is 5.29. The number of anilines is 1. The van der Waals surface area contributed by atoms with Gasteiger partial charge in [-0.2, -0.15) is 0 Å².